The van der Waals surface area contributed by atoms with Gasteiger partial charge >= 0.3 is 0 Å². The smallest absolute Gasteiger partial charge is 0.149 e. The van der Waals surface area contributed by atoms with E-state index in [9.17, 15) is 10.2 Å². The Kier molecular flexibility index (Phi) is 9.16. The molecule has 0 bridgehead atoms. The third-order valence-corrected chi connectivity index (χ3v) is 12.8. The molecule has 11 aromatic rings. The number of ether oxygens (including phenoxy) is 1. The second-order valence-electron chi connectivity index (χ2n) is 16.6. The molecule has 0 amide bonds. The van der Waals surface area contributed by atoms with Crippen LogP contribution in [0.1, 0.15) is 17.2 Å². The number of nitrogens with zero attached hydrogens (tertiary/aromatic N) is 3. The highest BCUT2D eigenvalue weighted by Gasteiger charge is 2.36. The number of hydrogen-bond donors (Lipinski definition) is 2. The van der Waals surface area contributed by atoms with Gasteiger partial charge in [-0.15, -0.1) is 0 Å². The van der Waals surface area contributed by atoms with Crippen molar-refractivity contribution in [3.05, 3.63) is 230 Å². The van der Waals surface area contributed by atoms with Gasteiger partial charge in [0.2, 0.25) is 0 Å². The highest BCUT2D eigenvalue weighted by Crippen LogP contribution is 2.53. The molecule has 65 heavy (non-hydrogen) atoms. The van der Waals surface area contributed by atoms with Gasteiger partial charge in [0.25, 0.3) is 0 Å². The minimum Gasteiger partial charge on any atom is -0.508 e. The number of aromatic nitrogens is 2. The van der Waals surface area contributed by atoms with Crippen molar-refractivity contribution in [3.63, 3.8) is 0 Å². The van der Waals surface area contributed by atoms with Crippen LogP contribution in [0.5, 0.6) is 23.0 Å². The molecule has 2 heterocycles. The predicted molar refractivity (Wildman–Crippen MR) is 264 cm³/mol. The minimum absolute atomic E-state index is 0.153. The van der Waals surface area contributed by atoms with Crippen LogP contribution in [0, 0.1) is 0 Å². The molecule has 0 radical (unpaired) electrons. The summed E-state index contributed by atoms with van der Waals surface area (Å²) in [6, 6.07) is 73.5. The molecule has 10 aromatic carbocycles. The zero-order chi connectivity index (χ0) is 43.4. The van der Waals surface area contributed by atoms with Crippen LogP contribution in [0.25, 0.3) is 71.9 Å². The van der Waals surface area contributed by atoms with Crippen LogP contribution in [-0.4, -0.2) is 19.8 Å². The Morgan fingerprint density at radius 1 is 0.477 bits per heavy atom. The van der Waals surface area contributed by atoms with E-state index in [1.165, 1.54) is 27.1 Å². The van der Waals surface area contributed by atoms with Gasteiger partial charge in [-0.3, -0.25) is 4.57 Å². The van der Waals surface area contributed by atoms with Gasteiger partial charge in [0.15, 0.2) is 0 Å². The quantitative estimate of drug-likeness (QED) is 0.149. The molecule has 1 aromatic heterocycles. The van der Waals surface area contributed by atoms with E-state index in [1.807, 2.05) is 115 Å². The fourth-order valence-electron chi connectivity index (χ4n) is 9.84. The van der Waals surface area contributed by atoms with Gasteiger partial charge in [-0.25, -0.2) is 4.98 Å². The van der Waals surface area contributed by atoms with Crippen molar-refractivity contribution in [3.8, 4) is 62.6 Å². The molecule has 1 unspecified atom stereocenters. The molecular formula is C59H41N3O3. The van der Waals surface area contributed by atoms with E-state index < -0.39 is 0 Å². The first-order valence-electron chi connectivity index (χ1n) is 21.9. The van der Waals surface area contributed by atoms with E-state index in [4.69, 9.17) is 9.72 Å². The topological polar surface area (TPSA) is 70.8 Å². The van der Waals surface area contributed by atoms with E-state index in [1.54, 1.807) is 6.07 Å². The highest BCUT2D eigenvalue weighted by atomic mass is 16.5. The Bertz CT molecular complexity index is 3570. The summed E-state index contributed by atoms with van der Waals surface area (Å²) in [5, 5.41) is 29.8. The second-order valence-corrected chi connectivity index (χ2v) is 16.6. The van der Waals surface area contributed by atoms with Gasteiger partial charge in [0.1, 0.15) is 28.8 Å². The van der Waals surface area contributed by atoms with E-state index in [-0.39, 0.29) is 11.8 Å². The van der Waals surface area contributed by atoms with Gasteiger partial charge in [0.05, 0.1) is 28.7 Å². The number of hydrogen-bond acceptors (Lipinski definition) is 5. The molecule has 12 rings (SSSR count). The van der Waals surface area contributed by atoms with Crippen molar-refractivity contribution in [2.24, 2.45) is 0 Å². The van der Waals surface area contributed by atoms with Crippen LogP contribution in [0.3, 0.4) is 0 Å². The maximum atomic E-state index is 11.7. The molecule has 0 aliphatic carbocycles. The van der Waals surface area contributed by atoms with Gasteiger partial charge in [-0.2, -0.15) is 0 Å². The molecule has 1 atom stereocenters. The Morgan fingerprint density at radius 2 is 1.02 bits per heavy atom. The number of rotatable bonds is 8. The summed E-state index contributed by atoms with van der Waals surface area (Å²) in [6.45, 7) is 0. The fourth-order valence-corrected chi connectivity index (χ4v) is 9.84. The minimum atomic E-state index is -0.155. The Labute approximate surface area is 376 Å². The largest absolute Gasteiger partial charge is 0.508 e. The zero-order valence-corrected chi connectivity index (χ0v) is 35.2. The van der Waals surface area contributed by atoms with E-state index in [0.717, 1.165) is 62.3 Å². The third-order valence-electron chi connectivity index (χ3n) is 12.8. The van der Waals surface area contributed by atoms with Crippen LogP contribution in [0.2, 0.25) is 0 Å². The van der Waals surface area contributed by atoms with Crippen molar-refractivity contribution in [2.45, 2.75) is 12.5 Å². The molecular weight excluding hydrogens is 799 g/mol. The van der Waals surface area contributed by atoms with Gasteiger partial charge in [-0.1, -0.05) is 146 Å². The molecule has 6 nitrogen and oxygen atoms in total. The maximum absolute atomic E-state index is 11.7. The lowest BCUT2D eigenvalue weighted by molar-refractivity contribution is 0.463. The molecule has 0 saturated carbocycles. The summed E-state index contributed by atoms with van der Waals surface area (Å²) in [5.74, 6) is 2.45. The first-order valence-corrected chi connectivity index (χ1v) is 21.9. The van der Waals surface area contributed by atoms with Crippen LogP contribution < -0.4 is 9.64 Å². The number of anilines is 2. The number of benzene rings is 10. The summed E-state index contributed by atoms with van der Waals surface area (Å²) < 4.78 is 8.68. The first-order chi connectivity index (χ1) is 32.1. The summed E-state index contributed by atoms with van der Waals surface area (Å²) in [7, 11) is 0. The summed E-state index contributed by atoms with van der Waals surface area (Å²) >= 11 is 0. The highest BCUT2D eigenvalue weighted by molar-refractivity contribution is 6.16. The van der Waals surface area contributed by atoms with Crippen molar-refractivity contribution in [1.82, 2.24) is 9.55 Å². The van der Waals surface area contributed by atoms with Crippen molar-refractivity contribution >= 4 is 43.7 Å². The van der Waals surface area contributed by atoms with Crippen LogP contribution in [0.4, 0.5) is 11.4 Å². The summed E-state index contributed by atoms with van der Waals surface area (Å²) in [6.07, 6.45) is 0.735. The lowest BCUT2D eigenvalue weighted by Gasteiger charge is -2.30. The molecule has 1 aliphatic heterocycles. The molecule has 2 N–H and O–H groups in total. The van der Waals surface area contributed by atoms with Gasteiger partial charge in [-0.05, 0) is 105 Å². The Hall–Kier alpha value is -8.61. The predicted octanol–water partition coefficient (Wildman–Crippen LogP) is 15.0. The van der Waals surface area contributed by atoms with Crippen LogP contribution >= 0.6 is 0 Å². The zero-order valence-electron chi connectivity index (χ0n) is 35.2. The van der Waals surface area contributed by atoms with Crippen molar-refractivity contribution in [1.29, 1.82) is 0 Å². The normalized spacial score (nSPS) is 13.4. The lowest BCUT2D eigenvalue weighted by Crippen LogP contribution is -2.20. The van der Waals surface area contributed by atoms with Crippen LogP contribution in [-0.2, 0) is 6.42 Å². The van der Waals surface area contributed by atoms with Gasteiger partial charge < -0.3 is 19.8 Å². The monoisotopic (exact) mass is 839 g/mol. The number of phenolic OH excluding ortho intramolecular Hbond substituents is 2. The Balaban J connectivity index is 0.930. The first kappa shape index (κ1) is 38.1. The third kappa shape index (κ3) is 6.54. The number of fused-ring (bicyclic) bond motifs is 7. The van der Waals surface area contributed by atoms with Crippen molar-refractivity contribution < 1.29 is 14.9 Å². The molecule has 0 fully saturated rings. The number of imidazole rings is 1. The molecule has 1 aliphatic rings. The molecule has 310 valence electrons. The number of phenols is 2. The van der Waals surface area contributed by atoms with E-state index >= 15 is 0 Å². The second kappa shape index (κ2) is 15.6. The van der Waals surface area contributed by atoms with Gasteiger partial charge in [0, 0.05) is 39.9 Å². The van der Waals surface area contributed by atoms with Crippen molar-refractivity contribution in [2.75, 3.05) is 4.90 Å². The molecule has 6 heteroatoms. The molecule has 0 saturated heterocycles. The van der Waals surface area contributed by atoms with Crippen LogP contribution in [0.15, 0.2) is 218 Å². The maximum Gasteiger partial charge on any atom is 0.149 e. The SMILES string of the molecule is Oc1ccccc1-c1nc(-c2ccccc2)c(-c2ccccc2)n1-c1ccc(Oc2ccc(N3c4c(c5ccccc5c5ccccc45)CC3c3cc4ccccc4cc3O)cc2)cc1. The summed E-state index contributed by atoms with van der Waals surface area (Å²) in [4.78, 5) is 7.65. The fraction of sp³-hybridized carbons (Fsp3) is 0.0339. The molecule has 0 spiro atoms. The number of aromatic hydroxyl groups is 2. The average Bonchev–Trinajstić information content (AvgIpc) is 3.96. The van der Waals surface area contributed by atoms with E-state index in [0.29, 0.717) is 28.6 Å². The summed E-state index contributed by atoms with van der Waals surface area (Å²) in [5.41, 5.74) is 9.54. The average molecular weight is 840 g/mol. The lowest BCUT2D eigenvalue weighted by atomic mass is 9.93. The number of para-hydroxylation sites is 1. The standard InChI is InChI=1S/C59H41N3O3/c63-54-26-14-13-25-50(54)59-60-56(38-15-3-1-4-16-38)57(39-17-5-2-6-18-39)62(59)43-29-33-45(34-30-43)65-44-31-27-42(28-32-44)61-53(52-35-40-19-7-8-20-41(40)36-55(52)64)37-51-48-23-10-9-21-46(48)47-22-11-12-24-49(47)58(51)61/h1-36,53,63-64H,37H2. The van der Waals surface area contributed by atoms with E-state index in [2.05, 4.69) is 107 Å². The Morgan fingerprint density at radius 3 is 1.69 bits per heavy atom.